The van der Waals surface area contributed by atoms with Crippen molar-refractivity contribution in [3.05, 3.63) is 29.8 Å². The topological polar surface area (TPSA) is 24.5 Å². The van der Waals surface area contributed by atoms with Crippen LogP contribution in [0.5, 0.6) is 0 Å². The number of piperidine rings is 1. The van der Waals surface area contributed by atoms with Crippen molar-refractivity contribution in [1.82, 2.24) is 5.32 Å². The Morgan fingerprint density at radius 1 is 1.41 bits per heavy atom. The summed E-state index contributed by atoms with van der Waals surface area (Å²) in [6.45, 7) is 3.07. The molecule has 1 aromatic rings. The van der Waals surface area contributed by atoms with E-state index in [9.17, 15) is 0 Å². The molecule has 2 rings (SSSR count). The maximum atomic E-state index is 5.49. The van der Waals surface area contributed by atoms with Crippen LogP contribution in [-0.4, -0.2) is 33.4 Å². The fourth-order valence-corrected chi connectivity index (χ4v) is 2.51. The number of ether oxygens (including phenoxy) is 1. The van der Waals surface area contributed by atoms with Crippen LogP contribution in [0.25, 0.3) is 0 Å². The first-order chi connectivity index (χ1) is 8.35. The summed E-state index contributed by atoms with van der Waals surface area (Å²) in [6.07, 6.45) is 2.78. The summed E-state index contributed by atoms with van der Waals surface area (Å²) in [6, 6.07) is 8.63. The second-order valence-corrected chi connectivity index (χ2v) is 4.60. The molecule has 1 atom stereocenters. The minimum Gasteiger partial charge on any atom is -0.380 e. The Morgan fingerprint density at radius 2 is 2.24 bits per heavy atom. The number of hydrogen-bond acceptors (Lipinski definition) is 3. The van der Waals surface area contributed by atoms with Gasteiger partial charge in [-0.3, -0.25) is 0 Å². The molecule has 0 bridgehead atoms. The smallest absolute Gasteiger partial charge is 0.0746 e. The number of para-hydroxylation sites is 1. The van der Waals surface area contributed by atoms with E-state index < -0.39 is 0 Å². The number of benzene rings is 1. The summed E-state index contributed by atoms with van der Waals surface area (Å²) in [5, 5.41) is 3.23. The van der Waals surface area contributed by atoms with Crippen molar-refractivity contribution in [1.29, 1.82) is 0 Å². The predicted octanol–water partition coefficient (Wildman–Crippen LogP) is 2.02. The molecule has 1 N–H and O–H groups in total. The lowest BCUT2D eigenvalue weighted by Gasteiger charge is -2.34. The van der Waals surface area contributed by atoms with Crippen LogP contribution in [0.1, 0.15) is 18.4 Å². The molecule has 0 aromatic heterocycles. The van der Waals surface area contributed by atoms with Crippen LogP contribution in [0, 0.1) is 0 Å². The number of anilines is 1. The van der Waals surface area contributed by atoms with E-state index in [1.54, 1.807) is 0 Å². The maximum Gasteiger partial charge on any atom is 0.0746 e. The first-order valence-electron chi connectivity index (χ1n) is 6.35. The van der Waals surface area contributed by atoms with Gasteiger partial charge in [0.2, 0.25) is 0 Å². The summed E-state index contributed by atoms with van der Waals surface area (Å²) in [5.74, 6) is 0. The average molecular weight is 234 g/mol. The summed E-state index contributed by atoms with van der Waals surface area (Å²) in [5.41, 5.74) is 2.72. The Hall–Kier alpha value is -1.06. The molecule has 1 aliphatic rings. The van der Waals surface area contributed by atoms with Gasteiger partial charge in [0, 0.05) is 32.4 Å². The highest BCUT2D eigenvalue weighted by atomic mass is 16.5. The maximum absolute atomic E-state index is 5.49. The average Bonchev–Trinajstić information content (AvgIpc) is 2.40. The fourth-order valence-electron chi connectivity index (χ4n) is 2.51. The van der Waals surface area contributed by atoms with E-state index in [0.717, 1.165) is 19.6 Å². The third-order valence-corrected chi connectivity index (χ3v) is 3.41. The minimum atomic E-state index is 0.381. The number of hydrogen-bond donors (Lipinski definition) is 1. The number of methoxy groups -OCH3 is 1. The van der Waals surface area contributed by atoms with Crippen molar-refractivity contribution in [2.45, 2.75) is 25.5 Å². The van der Waals surface area contributed by atoms with E-state index in [-0.39, 0.29) is 0 Å². The summed E-state index contributed by atoms with van der Waals surface area (Å²) in [7, 11) is 3.80. The molecule has 0 amide bonds. The highest BCUT2D eigenvalue weighted by molar-refractivity contribution is 5.54. The molecule has 1 fully saturated rings. The van der Waals surface area contributed by atoms with Crippen molar-refractivity contribution in [2.24, 2.45) is 0 Å². The molecule has 94 valence electrons. The second kappa shape index (κ2) is 6.03. The van der Waals surface area contributed by atoms with Crippen molar-refractivity contribution >= 4 is 5.69 Å². The quantitative estimate of drug-likeness (QED) is 0.862. The Labute approximate surface area is 104 Å². The summed E-state index contributed by atoms with van der Waals surface area (Å²) in [4.78, 5) is 2.45. The normalized spacial score (nSPS) is 20.6. The van der Waals surface area contributed by atoms with Gasteiger partial charge in [0.05, 0.1) is 6.10 Å². The molecule has 3 heteroatoms. The molecule has 1 aliphatic heterocycles. The zero-order valence-electron chi connectivity index (χ0n) is 10.8. The standard InChI is InChI=1S/C14H22N2O/c1-15-10-12-6-3-4-8-14(12)16-9-5-7-13(11-16)17-2/h3-4,6,8,13,15H,5,7,9-11H2,1-2H3. The van der Waals surface area contributed by atoms with Gasteiger partial charge in [-0.2, -0.15) is 0 Å². The lowest BCUT2D eigenvalue weighted by molar-refractivity contribution is 0.0893. The van der Waals surface area contributed by atoms with Gasteiger partial charge in [0.15, 0.2) is 0 Å². The van der Waals surface area contributed by atoms with Crippen LogP contribution in [0.4, 0.5) is 5.69 Å². The molecule has 1 heterocycles. The Bertz CT molecular complexity index is 354. The summed E-state index contributed by atoms with van der Waals surface area (Å²) >= 11 is 0. The zero-order chi connectivity index (χ0) is 12.1. The van der Waals surface area contributed by atoms with Crippen molar-refractivity contribution in [3.63, 3.8) is 0 Å². The fraction of sp³-hybridized carbons (Fsp3) is 0.571. The molecule has 17 heavy (non-hydrogen) atoms. The molecular weight excluding hydrogens is 212 g/mol. The summed E-state index contributed by atoms with van der Waals surface area (Å²) < 4.78 is 5.49. The Balaban J connectivity index is 2.15. The lowest BCUT2D eigenvalue weighted by Crippen LogP contribution is -2.39. The molecule has 0 spiro atoms. The molecular formula is C14H22N2O. The highest BCUT2D eigenvalue weighted by Crippen LogP contribution is 2.24. The SMILES string of the molecule is CNCc1ccccc1N1CCCC(OC)C1. The number of nitrogens with one attached hydrogen (secondary N) is 1. The lowest BCUT2D eigenvalue weighted by atomic mass is 10.1. The highest BCUT2D eigenvalue weighted by Gasteiger charge is 2.20. The largest absolute Gasteiger partial charge is 0.380 e. The van der Waals surface area contributed by atoms with E-state index in [1.807, 2.05) is 14.2 Å². The zero-order valence-corrected chi connectivity index (χ0v) is 10.8. The van der Waals surface area contributed by atoms with E-state index >= 15 is 0 Å². The molecule has 1 aromatic carbocycles. The first kappa shape index (κ1) is 12.4. The van der Waals surface area contributed by atoms with E-state index in [2.05, 4.69) is 34.5 Å². The minimum absolute atomic E-state index is 0.381. The Morgan fingerprint density at radius 3 is 3.00 bits per heavy atom. The van der Waals surface area contributed by atoms with Gasteiger partial charge in [0.25, 0.3) is 0 Å². The number of nitrogens with zero attached hydrogens (tertiary/aromatic N) is 1. The third-order valence-electron chi connectivity index (χ3n) is 3.41. The predicted molar refractivity (Wildman–Crippen MR) is 71.4 cm³/mol. The molecule has 3 nitrogen and oxygen atoms in total. The van der Waals surface area contributed by atoms with Gasteiger partial charge < -0.3 is 15.0 Å². The van der Waals surface area contributed by atoms with Gasteiger partial charge in [0.1, 0.15) is 0 Å². The van der Waals surface area contributed by atoms with Crippen LogP contribution >= 0.6 is 0 Å². The van der Waals surface area contributed by atoms with Gasteiger partial charge >= 0.3 is 0 Å². The van der Waals surface area contributed by atoms with E-state index in [0.29, 0.717) is 6.10 Å². The molecule has 1 unspecified atom stereocenters. The van der Waals surface area contributed by atoms with E-state index in [1.165, 1.54) is 24.1 Å². The first-order valence-corrected chi connectivity index (χ1v) is 6.35. The van der Waals surface area contributed by atoms with Crippen LogP contribution in [-0.2, 0) is 11.3 Å². The van der Waals surface area contributed by atoms with Gasteiger partial charge in [-0.25, -0.2) is 0 Å². The molecule has 0 radical (unpaired) electrons. The second-order valence-electron chi connectivity index (χ2n) is 4.60. The molecule has 0 saturated carbocycles. The van der Waals surface area contributed by atoms with Crippen LogP contribution < -0.4 is 10.2 Å². The van der Waals surface area contributed by atoms with Gasteiger partial charge in [-0.15, -0.1) is 0 Å². The third kappa shape index (κ3) is 2.99. The van der Waals surface area contributed by atoms with Crippen molar-refractivity contribution in [2.75, 3.05) is 32.1 Å². The van der Waals surface area contributed by atoms with Gasteiger partial charge in [-0.05, 0) is 31.5 Å². The molecule has 0 aliphatic carbocycles. The van der Waals surface area contributed by atoms with Crippen molar-refractivity contribution < 1.29 is 4.74 Å². The van der Waals surface area contributed by atoms with E-state index in [4.69, 9.17) is 4.74 Å². The Kier molecular flexibility index (Phi) is 4.40. The van der Waals surface area contributed by atoms with Crippen LogP contribution in [0.15, 0.2) is 24.3 Å². The van der Waals surface area contributed by atoms with Gasteiger partial charge in [-0.1, -0.05) is 18.2 Å². The van der Waals surface area contributed by atoms with Crippen LogP contribution in [0.2, 0.25) is 0 Å². The van der Waals surface area contributed by atoms with Crippen molar-refractivity contribution in [3.8, 4) is 0 Å². The van der Waals surface area contributed by atoms with Crippen LogP contribution in [0.3, 0.4) is 0 Å². The number of rotatable bonds is 4. The monoisotopic (exact) mass is 234 g/mol. The molecule has 1 saturated heterocycles.